The molecule has 0 aliphatic heterocycles. The van der Waals surface area contributed by atoms with E-state index < -0.39 is 4.92 Å². The van der Waals surface area contributed by atoms with Crippen molar-refractivity contribution in [2.75, 3.05) is 0 Å². The maximum absolute atomic E-state index is 11.1. The molecule has 0 aliphatic carbocycles. The molecule has 0 fully saturated rings. The van der Waals surface area contributed by atoms with Gasteiger partial charge in [0, 0.05) is 17.7 Å². The normalized spacial score (nSPS) is 11.0. The minimum atomic E-state index is -0.501. The fraction of sp³-hybridized carbons (Fsp3) is 0.143. The fourth-order valence-electron chi connectivity index (χ4n) is 2.45. The molecule has 1 N–H and O–H groups in total. The molecule has 0 saturated heterocycles. The van der Waals surface area contributed by atoms with Gasteiger partial charge in [0.05, 0.1) is 4.92 Å². The summed E-state index contributed by atoms with van der Waals surface area (Å²) in [5.41, 5.74) is 3.98. The molecule has 1 aromatic heterocycles. The zero-order valence-electron chi connectivity index (χ0n) is 11.4. The van der Waals surface area contributed by atoms with Gasteiger partial charge in [0.1, 0.15) is 11.0 Å². The summed E-state index contributed by atoms with van der Waals surface area (Å²) >= 11 is 0. The molecule has 0 atom stereocenters. The Kier molecular flexibility index (Phi) is 2.83. The highest BCUT2D eigenvalue weighted by Gasteiger charge is 2.18. The van der Waals surface area contributed by atoms with E-state index in [9.17, 15) is 15.3 Å². The van der Waals surface area contributed by atoms with Crippen molar-refractivity contribution in [1.29, 1.82) is 0 Å². The topological polar surface area (TPSA) is 94.1 Å². The molecule has 0 bridgehead atoms. The van der Waals surface area contributed by atoms with Crippen molar-refractivity contribution in [3.05, 3.63) is 51.6 Å². The van der Waals surface area contributed by atoms with Gasteiger partial charge >= 0.3 is 0 Å². The molecular weight excluding hydrogens is 272 g/mol. The molecule has 106 valence electrons. The maximum atomic E-state index is 11.1. The molecule has 3 aromatic rings. The molecule has 7 heteroatoms. The molecule has 0 aliphatic rings. The van der Waals surface area contributed by atoms with Crippen LogP contribution >= 0.6 is 0 Å². The Labute approximate surface area is 119 Å². The lowest BCUT2D eigenvalue weighted by Crippen LogP contribution is -1.94. The zero-order chi connectivity index (χ0) is 15.1. The second-order valence-electron chi connectivity index (χ2n) is 4.97. The molecule has 1 heterocycles. The van der Waals surface area contributed by atoms with Crippen LogP contribution in [-0.2, 0) is 0 Å². The highest BCUT2D eigenvalue weighted by Crippen LogP contribution is 2.32. The third-order valence-electron chi connectivity index (χ3n) is 3.26. The summed E-state index contributed by atoms with van der Waals surface area (Å²) in [5, 5.41) is 28.1. The number of non-ortho nitro benzene ring substituents is 1. The van der Waals surface area contributed by atoms with Crippen LogP contribution in [0.3, 0.4) is 0 Å². The molecule has 0 unspecified atom stereocenters. The van der Waals surface area contributed by atoms with Crippen LogP contribution in [-0.4, -0.2) is 25.3 Å². The van der Waals surface area contributed by atoms with E-state index in [1.165, 1.54) is 12.1 Å². The lowest BCUT2D eigenvalue weighted by Gasteiger charge is -2.06. The first kappa shape index (κ1) is 13.0. The Hall–Kier alpha value is -2.96. The summed E-state index contributed by atoms with van der Waals surface area (Å²) < 4.78 is 0. The highest BCUT2D eigenvalue weighted by molar-refractivity contribution is 5.93. The number of nitrogens with zero attached hydrogens (tertiary/aromatic N) is 4. The van der Waals surface area contributed by atoms with Crippen molar-refractivity contribution in [2.24, 2.45) is 0 Å². The van der Waals surface area contributed by atoms with Crippen LogP contribution in [0.1, 0.15) is 11.1 Å². The molecule has 0 spiro atoms. The fourth-order valence-corrected chi connectivity index (χ4v) is 2.45. The Morgan fingerprint density at radius 2 is 1.81 bits per heavy atom. The van der Waals surface area contributed by atoms with Gasteiger partial charge in [-0.25, -0.2) is 0 Å². The van der Waals surface area contributed by atoms with Crippen molar-refractivity contribution in [2.45, 2.75) is 13.8 Å². The van der Waals surface area contributed by atoms with Crippen LogP contribution in [0.2, 0.25) is 0 Å². The first-order valence-corrected chi connectivity index (χ1v) is 6.27. The molecule has 3 rings (SSSR count). The van der Waals surface area contributed by atoms with Crippen molar-refractivity contribution >= 4 is 16.7 Å². The van der Waals surface area contributed by atoms with Gasteiger partial charge in [-0.3, -0.25) is 10.1 Å². The largest absolute Gasteiger partial charge is 0.410 e. The Morgan fingerprint density at radius 1 is 1.14 bits per heavy atom. The van der Waals surface area contributed by atoms with Gasteiger partial charge in [0.25, 0.3) is 5.69 Å². The van der Waals surface area contributed by atoms with Crippen molar-refractivity contribution in [3.63, 3.8) is 0 Å². The monoisotopic (exact) mass is 284 g/mol. The van der Waals surface area contributed by atoms with Crippen LogP contribution < -0.4 is 0 Å². The van der Waals surface area contributed by atoms with E-state index in [0.717, 1.165) is 16.7 Å². The van der Waals surface area contributed by atoms with Crippen molar-refractivity contribution in [1.82, 2.24) is 15.2 Å². The first-order valence-electron chi connectivity index (χ1n) is 6.27. The first-order chi connectivity index (χ1) is 9.95. The smallest absolute Gasteiger partial charge is 0.272 e. The summed E-state index contributed by atoms with van der Waals surface area (Å²) in [6.45, 7) is 3.90. The van der Waals surface area contributed by atoms with E-state index in [2.05, 4.69) is 10.3 Å². The Bertz CT molecular complexity index is 850. The second-order valence-corrected chi connectivity index (χ2v) is 4.97. The molecule has 2 aromatic carbocycles. The summed E-state index contributed by atoms with van der Waals surface area (Å²) in [4.78, 5) is 11.1. The average Bonchev–Trinajstić information content (AvgIpc) is 2.78. The van der Waals surface area contributed by atoms with Gasteiger partial charge in [0.2, 0.25) is 0 Å². The summed E-state index contributed by atoms with van der Waals surface area (Å²) in [7, 11) is 0. The SMILES string of the molecule is Cc1cc(C)cc(-c2cc([N+](=O)[O-])cc3c2nnn3O)c1. The molecule has 21 heavy (non-hydrogen) atoms. The quantitative estimate of drug-likeness (QED) is 0.443. The number of hydrogen-bond acceptors (Lipinski definition) is 5. The van der Waals surface area contributed by atoms with E-state index in [0.29, 0.717) is 15.9 Å². The number of aryl methyl sites for hydroxylation is 2. The third-order valence-corrected chi connectivity index (χ3v) is 3.26. The van der Waals surface area contributed by atoms with Gasteiger partial charge in [-0.2, -0.15) is 0 Å². The molecule has 7 nitrogen and oxygen atoms in total. The second kappa shape index (κ2) is 4.55. The van der Waals surface area contributed by atoms with Crippen LogP contribution in [0.15, 0.2) is 30.3 Å². The van der Waals surface area contributed by atoms with E-state index >= 15 is 0 Å². The number of hydrogen-bond donors (Lipinski definition) is 1. The van der Waals surface area contributed by atoms with Crippen LogP contribution in [0, 0.1) is 24.0 Å². The Balaban J connectivity index is 2.37. The number of nitro groups is 1. The third kappa shape index (κ3) is 2.18. The zero-order valence-corrected chi connectivity index (χ0v) is 11.4. The highest BCUT2D eigenvalue weighted by atomic mass is 16.6. The number of benzene rings is 2. The summed E-state index contributed by atoms with van der Waals surface area (Å²) in [6, 6.07) is 8.55. The van der Waals surface area contributed by atoms with Crippen LogP contribution in [0.5, 0.6) is 0 Å². The van der Waals surface area contributed by atoms with E-state index in [1.54, 1.807) is 0 Å². The maximum Gasteiger partial charge on any atom is 0.272 e. The van der Waals surface area contributed by atoms with Gasteiger partial charge in [-0.1, -0.05) is 34.2 Å². The van der Waals surface area contributed by atoms with Crippen molar-refractivity contribution in [3.8, 4) is 11.1 Å². The average molecular weight is 284 g/mol. The number of rotatable bonds is 2. The van der Waals surface area contributed by atoms with Gasteiger partial charge in [0.15, 0.2) is 0 Å². The predicted octanol–water partition coefficient (Wildman–Crippen LogP) is 2.86. The lowest BCUT2D eigenvalue weighted by molar-refractivity contribution is -0.384. The molecule has 0 saturated carbocycles. The lowest BCUT2D eigenvalue weighted by atomic mass is 9.99. The van der Waals surface area contributed by atoms with Gasteiger partial charge in [-0.05, 0) is 24.6 Å². The van der Waals surface area contributed by atoms with Crippen LogP contribution in [0.4, 0.5) is 5.69 Å². The van der Waals surface area contributed by atoms with Crippen molar-refractivity contribution < 1.29 is 10.1 Å². The number of fused-ring (bicyclic) bond motifs is 1. The van der Waals surface area contributed by atoms with E-state index in [1.807, 2.05) is 32.0 Å². The van der Waals surface area contributed by atoms with E-state index in [4.69, 9.17) is 0 Å². The van der Waals surface area contributed by atoms with E-state index in [-0.39, 0.29) is 11.2 Å². The Morgan fingerprint density at radius 3 is 2.43 bits per heavy atom. The standard InChI is InChI=1S/C14H12N4O3/c1-8-3-9(2)5-10(4-8)12-6-11(18(20)21)7-13-14(12)15-16-17(13)19/h3-7,19H,1-2H3. The predicted molar refractivity (Wildman–Crippen MR) is 76.3 cm³/mol. The minimum absolute atomic E-state index is 0.116. The minimum Gasteiger partial charge on any atom is -0.410 e. The van der Waals surface area contributed by atoms with Gasteiger partial charge < -0.3 is 5.21 Å². The summed E-state index contributed by atoms with van der Waals surface area (Å²) in [6.07, 6.45) is 0. The molecule has 0 amide bonds. The van der Waals surface area contributed by atoms with Crippen LogP contribution in [0.25, 0.3) is 22.2 Å². The molecular formula is C14H12N4O3. The van der Waals surface area contributed by atoms with Gasteiger partial charge in [-0.15, -0.1) is 5.10 Å². The number of aromatic nitrogens is 3. The summed E-state index contributed by atoms with van der Waals surface area (Å²) in [5.74, 6) is 0. The number of nitro benzene ring substituents is 1. The molecule has 0 radical (unpaired) electrons.